The zero-order valence-electron chi connectivity index (χ0n) is 20.2. The molecule has 8 heteroatoms. The number of aromatic nitrogens is 3. The molecule has 0 aliphatic carbocycles. The molecule has 0 bridgehead atoms. The molecule has 2 saturated heterocycles. The number of amides is 1. The topological polar surface area (TPSA) is 58.3 Å². The quantitative estimate of drug-likeness (QED) is 0.594. The van der Waals surface area contributed by atoms with Crippen LogP contribution in [-0.2, 0) is 18.0 Å². The molecule has 2 aliphatic heterocycles. The number of hydrogen-bond acceptors (Lipinski definition) is 5. The fraction of sp³-hybridized carbons (Fsp3) is 0.640. The van der Waals surface area contributed by atoms with Gasteiger partial charge in [0.2, 0.25) is 10.7 Å². The molecule has 1 amide bonds. The highest BCUT2D eigenvalue weighted by atomic mass is 32.1. The zero-order chi connectivity index (χ0) is 23.4. The van der Waals surface area contributed by atoms with Crippen molar-refractivity contribution >= 4 is 18.1 Å². The highest BCUT2D eigenvalue weighted by Gasteiger charge is 2.27. The molecule has 2 aromatic rings. The summed E-state index contributed by atoms with van der Waals surface area (Å²) in [5, 5.41) is 8.16. The van der Waals surface area contributed by atoms with Gasteiger partial charge in [-0.2, -0.15) is 5.10 Å². The van der Waals surface area contributed by atoms with E-state index in [1.807, 2.05) is 22.9 Å². The van der Waals surface area contributed by atoms with E-state index < -0.39 is 0 Å². The maximum Gasteiger partial charge on any atom is 0.223 e. The van der Waals surface area contributed by atoms with Gasteiger partial charge in [-0.25, -0.2) is 4.68 Å². The number of hydrogen-bond donors (Lipinski definition) is 1. The molecule has 0 saturated carbocycles. The average Bonchev–Trinajstić information content (AvgIpc) is 3.43. The van der Waals surface area contributed by atoms with Crippen molar-refractivity contribution in [1.82, 2.24) is 29.5 Å². The van der Waals surface area contributed by atoms with E-state index in [1.54, 1.807) is 0 Å². The Morgan fingerprint density at radius 2 is 1.73 bits per heavy atom. The van der Waals surface area contributed by atoms with Gasteiger partial charge in [-0.15, -0.1) is 0 Å². The van der Waals surface area contributed by atoms with Crippen molar-refractivity contribution in [2.24, 2.45) is 11.8 Å². The van der Waals surface area contributed by atoms with Crippen molar-refractivity contribution < 1.29 is 4.79 Å². The summed E-state index contributed by atoms with van der Waals surface area (Å²) in [6.07, 6.45) is 4.27. The fourth-order valence-electron chi connectivity index (χ4n) is 4.66. The van der Waals surface area contributed by atoms with Crippen LogP contribution in [0.4, 0.5) is 0 Å². The first-order chi connectivity index (χ1) is 15.9. The summed E-state index contributed by atoms with van der Waals surface area (Å²) < 4.78 is 4.83. The van der Waals surface area contributed by atoms with Crippen molar-refractivity contribution in [3.8, 4) is 5.69 Å². The van der Waals surface area contributed by atoms with Gasteiger partial charge in [-0.05, 0) is 76.0 Å². The molecule has 180 valence electrons. The van der Waals surface area contributed by atoms with E-state index in [1.165, 1.54) is 12.8 Å². The lowest BCUT2D eigenvalue weighted by atomic mass is 9.95. The van der Waals surface area contributed by atoms with Crippen LogP contribution in [-0.4, -0.2) is 62.3 Å². The van der Waals surface area contributed by atoms with Crippen LogP contribution in [0.2, 0.25) is 0 Å². The Kier molecular flexibility index (Phi) is 7.98. The highest BCUT2D eigenvalue weighted by molar-refractivity contribution is 7.71. The molecule has 1 unspecified atom stereocenters. The standard InChI is InChI=1S/C25H38N6OS/c1-19(2)20(3)26-24(32)21-11-15-29(16-12-21)18-30-25(33)31(22-9-5-4-6-10-22)23(27-30)17-28-13-7-8-14-28/h4-6,9-10,19-21H,7-8,11-18H2,1-3H3,(H,26,32). The van der Waals surface area contributed by atoms with Gasteiger partial charge in [-0.1, -0.05) is 32.0 Å². The van der Waals surface area contributed by atoms with E-state index in [0.29, 0.717) is 12.6 Å². The lowest BCUT2D eigenvalue weighted by Crippen LogP contribution is -2.44. The van der Waals surface area contributed by atoms with Crippen molar-refractivity contribution in [2.75, 3.05) is 26.2 Å². The lowest BCUT2D eigenvalue weighted by molar-refractivity contribution is -0.127. The first-order valence-corrected chi connectivity index (χ1v) is 12.8. The van der Waals surface area contributed by atoms with Gasteiger partial charge in [0, 0.05) is 30.7 Å². The molecule has 0 spiro atoms. The van der Waals surface area contributed by atoms with Crippen LogP contribution in [0, 0.1) is 16.6 Å². The second kappa shape index (κ2) is 10.9. The molecular formula is C25H38N6OS. The molecule has 3 heterocycles. The number of likely N-dealkylation sites (tertiary alicyclic amines) is 2. The van der Waals surface area contributed by atoms with E-state index in [4.69, 9.17) is 17.3 Å². The Morgan fingerprint density at radius 3 is 2.36 bits per heavy atom. The van der Waals surface area contributed by atoms with Crippen molar-refractivity contribution in [2.45, 2.75) is 65.7 Å². The first-order valence-electron chi connectivity index (χ1n) is 12.4. The summed E-state index contributed by atoms with van der Waals surface area (Å²) in [4.78, 5) is 17.5. The van der Waals surface area contributed by atoms with Crippen LogP contribution >= 0.6 is 12.2 Å². The third-order valence-corrected chi connectivity index (χ3v) is 7.54. The Morgan fingerprint density at radius 1 is 1.06 bits per heavy atom. The fourth-order valence-corrected chi connectivity index (χ4v) is 4.97. The van der Waals surface area contributed by atoms with Gasteiger partial charge in [0.15, 0.2) is 5.82 Å². The van der Waals surface area contributed by atoms with E-state index in [-0.39, 0.29) is 17.9 Å². The van der Waals surface area contributed by atoms with Crippen molar-refractivity contribution in [3.63, 3.8) is 0 Å². The van der Waals surface area contributed by atoms with Crippen LogP contribution in [0.3, 0.4) is 0 Å². The minimum atomic E-state index is 0.100. The SMILES string of the molecule is CC(C)C(C)NC(=O)C1CCN(Cn2nc(CN3CCCC3)n(-c3ccccc3)c2=S)CC1. The molecule has 7 nitrogen and oxygen atoms in total. The molecule has 2 fully saturated rings. The van der Waals surface area contributed by atoms with E-state index in [9.17, 15) is 4.79 Å². The smallest absolute Gasteiger partial charge is 0.223 e. The third-order valence-electron chi connectivity index (χ3n) is 7.15. The summed E-state index contributed by atoms with van der Waals surface area (Å²) in [7, 11) is 0. The molecule has 2 aliphatic rings. The van der Waals surface area contributed by atoms with Crippen LogP contribution in [0.25, 0.3) is 5.69 Å². The largest absolute Gasteiger partial charge is 0.353 e. The van der Waals surface area contributed by atoms with Crippen LogP contribution < -0.4 is 5.32 Å². The number of carbonyl (C=O) groups is 1. The number of para-hydroxylation sites is 1. The molecular weight excluding hydrogens is 432 g/mol. The Balaban J connectivity index is 1.44. The second-order valence-electron chi connectivity index (χ2n) is 9.93. The van der Waals surface area contributed by atoms with Gasteiger partial charge < -0.3 is 5.32 Å². The average molecular weight is 471 g/mol. The second-order valence-corrected chi connectivity index (χ2v) is 10.3. The molecule has 1 aromatic heterocycles. The monoisotopic (exact) mass is 470 g/mol. The molecule has 33 heavy (non-hydrogen) atoms. The minimum Gasteiger partial charge on any atom is -0.353 e. The zero-order valence-corrected chi connectivity index (χ0v) is 21.1. The normalized spacial score (nSPS) is 19.3. The van der Waals surface area contributed by atoms with Gasteiger partial charge in [0.1, 0.15) is 0 Å². The maximum absolute atomic E-state index is 12.6. The summed E-state index contributed by atoms with van der Waals surface area (Å²) in [5.41, 5.74) is 1.07. The Hall–Kier alpha value is -2.03. The van der Waals surface area contributed by atoms with Gasteiger partial charge >= 0.3 is 0 Å². The number of carbonyl (C=O) groups excluding carboxylic acids is 1. The first kappa shape index (κ1) is 24.1. The molecule has 1 aromatic carbocycles. The number of piperidine rings is 1. The van der Waals surface area contributed by atoms with Crippen LogP contribution in [0.5, 0.6) is 0 Å². The van der Waals surface area contributed by atoms with E-state index in [2.05, 4.69) is 52.6 Å². The summed E-state index contributed by atoms with van der Waals surface area (Å²) in [6, 6.07) is 10.5. The van der Waals surface area contributed by atoms with Crippen molar-refractivity contribution in [1.29, 1.82) is 0 Å². The minimum absolute atomic E-state index is 0.100. The Bertz CT molecular complexity index is 971. The van der Waals surface area contributed by atoms with E-state index >= 15 is 0 Å². The number of nitrogens with zero attached hydrogens (tertiary/aromatic N) is 5. The Labute approximate surface area is 202 Å². The van der Waals surface area contributed by atoms with Crippen LogP contribution in [0.15, 0.2) is 30.3 Å². The molecule has 4 rings (SSSR count). The molecule has 0 radical (unpaired) electrons. The predicted octanol–water partition coefficient (Wildman–Crippen LogP) is 3.83. The summed E-state index contributed by atoms with van der Waals surface area (Å²) in [5.74, 6) is 1.76. The van der Waals surface area contributed by atoms with Gasteiger partial charge in [0.25, 0.3) is 0 Å². The molecule has 1 atom stereocenters. The highest BCUT2D eigenvalue weighted by Crippen LogP contribution is 2.21. The predicted molar refractivity (Wildman–Crippen MR) is 134 cm³/mol. The maximum atomic E-state index is 12.6. The van der Waals surface area contributed by atoms with Gasteiger partial charge in [-0.3, -0.25) is 19.2 Å². The van der Waals surface area contributed by atoms with E-state index in [0.717, 1.165) is 61.8 Å². The van der Waals surface area contributed by atoms with Crippen molar-refractivity contribution in [3.05, 3.63) is 40.9 Å². The third kappa shape index (κ3) is 5.91. The molecule has 1 N–H and O–H groups in total. The number of nitrogens with one attached hydrogen (secondary N) is 1. The van der Waals surface area contributed by atoms with Gasteiger partial charge in [0.05, 0.1) is 13.2 Å². The summed E-state index contributed by atoms with van der Waals surface area (Å²) >= 11 is 5.89. The lowest BCUT2D eigenvalue weighted by Gasteiger charge is -2.32. The van der Waals surface area contributed by atoms with Crippen LogP contribution in [0.1, 0.15) is 52.3 Å². The summed E-state index contributed by atoms with van der Waals surface area (Å²) in [6.45, 7) is 11.9. The number of rotatable bonds is 8. The number of benzene rings is 1.